The highest BCUT2D eigenvalue weighted by Crippen LogP contribution is 2.12. The van der Waals surface area contributed by atoms with Crippen molar-refractivity contribution in [3.8, 4) is 17.9 Å². The van der Waals surface area contributed by atoms with Crippen molar-refractivity contribution in [2.24, 2.45) is 0 Å². The summed E-state index contributed by atoms with van der Waals surface area (Å²) in [6.07, 6.45) is 6.02. The van der Waals surface area contributed by atoms with Gasteiger partial charge < -0.3 is 0 Å². The van der Waals surface area contributed by atoms with E-state index in [-0.39, 0.29) is 5.82 Å². The molecule has 0 spiro atoms. The van der Waals surface area contributed by atoms with E-state index >= 15 is 0 Å². The maximum Gasteiger partial charge on any atom is 0.139 e. The molecule has 0 unspecified atom stereocenters. The largest absolute Gasteiger partial charge is 0.206 e. The number of hydrogen-bond donors (Lipinski definition) is 0. The van der Waals surface area contributed by atoms with Crippen LogP contribution >= 0.6 is 0 Å². The minimum atomic E-state index is -0.320. The lowest BCUT2D eigenvalue weighted by Gasteiger charge is -1.97. The maximum absolute atomic E-state index is 14.0. The van der Waals surface area contributed by atoms with Crippen LogP contribution in [0, 0.1) is 29.0 Å². The highest BCUT2D eigenvalue weighted by molar-refractivity contribution is 5.53. The molecule has 0 saturated carbocycles. The number of unbranched alkanes of at least 4 members (excludes halogenated alkanes) is 1. The number of benzene rings is 2. The van der Waals surface area contributed by atoms with Crippen LogP contribution < -0.4 is 0 Å². The molecule has 2 rings (SSSR count). The Balaban J connectivity index is 2.16. The summed E-state index contributed by atoms with van der Waals surface area (Å²) >= 11 is 0. The van der Waals surface area contributed by atoms with Gasteiger partial charge in [-0.15, -0.1) is 0 Å². The second kappa shape index (κ2) is 7.81. The summed E-state index contributed by atoms with van der Waals surface area (Å²) in [4.78, 5) is 0. The molecule has 2 aromatic carbocycles. The molecule has 0 atom stereocenters. The molecule has 2 aromatic rings. The van der Waals surface area contributed by atoms with Crippen LogP contribution in [0.3, 0.4) is 0 Å². The molecule has 0 saturated heterocycles. The molecule has 0 fully saturated rings. The van der Waals surface area contributed by atoms with Gasteiger partial charge in [0.15, 0.2) is 0 Å². The first-order valence-corrected chi connectivity index (χ1v) is 7.21. The molecular formula is C20H16FN. The number of hydrogen-bond acceptors (Lipinski definition) is 1. The van der Waals surface area contributed by atoms with Gasteiger partial charge in [-0.1, -0.05) is 43.4 Å². The second-order valence-corrected chi connectivity index (χ2v) is 4.87. The summed E-state index contributed by atoms with van der Waals surface area (Å²) in [6.45, 7) is 2.10. The fraction of sp³-hybridized carbons (Fsp3) is 0.150. The van der Waals surface area contributed by atoms with Crippen molar-refractivity contribution in [1.29, 1.82) is 5.26 Å². The fourth-order valence-corrected chi connectivity index (χ4v) is 1.89. The van der Waals surface area contributed by atoms with Crippen LogP contribution in [0.2, 0.25) is 0 Å². The first-order valence-electron chi connectivity index (χ1n) is 7.21. The van der Waals surface area contributed by atoms with E-state index in [1.165, 1.54) is 6.07 Å². The zero-order valence-electron chi connectivity index (χ0n) is 12.4. The molecule has 0 aliphatic carbocycles. The van der Waals surface area contributed by atoms with Gasteiger partial charge in [0.2, 0.25) is 0 Å². The van der Waals surface area contributed by atoms with Crippen molar-refractivity contribution in [2.45, 2.75) is 19.8 Å². The van der Waals surface area contributed by atoms with Crippen molar-refractivity contribution < 1.29 is 4.39 Å². The van der Waals surface area contributed by atoms with Crippen LogP contribution in [-0.2, 0) is 0 Å². The van der Waals surface area contributed by atoms with E-state index in [0.29, 0.717) is 11.1 Å². The zero-order chi connectivity index (χ0) is 15.8. The lowest BCUT2D eigenvalue weighted by atomic mass is 10.1. The number of nitrogens with zero attached hydrogens (tertiary/aromatic N) is 1. The number of halogens is 1. The third-order valence-electron chi connectivity index (χ3n) is 3.11. The third-order valence-corrected chi connectivity index (χ3v) is 3.11. The van der Waals surface area contributed by atoms with Gasteiger partial charge in [-0.2, -0.15) is 5.26 Å². The van der Waals surface area contributed by atoms with Gasteiger partial charge in [0.05, 0.1) is 17.2 Å². The van der Waals surface area contributed by atoms with Crippen molar-refractivity contribution in [3.05, 3.63) is 76.6 Å². The van der Waals surface area contributed by atoms with E-state index in [9.17, 15) is 4.39 Å². The van der Waals surface area contributed by atoms with E-state index in [2.05, 4.69) is 18.8 Å². The topological polar surface area (TPSA) is 23.8 Å². The van der Waals surface area contributed by atoms with Crippen LogP contribution in [0.4, 0.5) is 4.39 Å². The van der Waals surface area contributed by atoms with Crippen LogP contribution in [0.1, 0.15) is 42.0 Å². The highest BCUT2D eigenvalue weighted by Gasteiger charge is 1.99. The van der Waals surface area contributed by atoms with Gasteiger partial charge in [0.1, 0.15) is 5.82 Å². The highest BCUT2D eigenvalue weighted by atomic mass is 19.1. The van der Waals surface area contributed by atoms with Crippen molar-refractivity contribution in [2.75, 3.05) is 0 Å². The van der Waals surface area contributed by atoms with Crippen molar-refractivity contribution in [3.63, 3.8) is 0 Å². The fourth-order valence-electron chi connectivity index (χ4n) is 1.89. The molecule has 0 aliphatic rings. The van der Waals surface area contributed by atoms with Gasteiger partial charge >= 0.3 is 0 Å². The number of allylic oxidation sites excluding steroid dienone is 1. The van der Waals surface area contributed by atoms with E-state index in [1.807, 2.05) is 24.3 Å². The minimum Gasteiger partial charge on any atom is -0.206 e. The molecule has 0 heterocycles. The Hall–Kier alpha value is -2.84. The van der Waals surface area contributed by atoms with Gasteiger partial charge in [0, 0.05) is 5.56 Å². The monoisotopic (exact) mass is 289 g/mol. The van der Waals surface area contributed by atoms with Crippen LogP contribution in [0.15, 0.2) is 48.5 Å². The molecule has 0 radical (unpaired) electrons. The average Bonchev–Trinajstić information content (AvgIpc) is 2.55. The standard InChI is InChI=1S/C20H16FN/c1-2-3-4-5-17-11-13-19(20(21)14-17)12-10-16-6-8-18(15-22)9-7-16/h4-9,11,13-14H,2-3H2,1H3. The Kier molecular flexibility index (Phi) is 5.52. The predicted molar refractivity (Wildman–Crippen MR) is 87.5 cm³/mol. The van der Waals surface area contributed by atoms with Gasteiger partial charge in [-0.3, -0.25) is 0 Å². The molecule has 0 bridgehead atoms. The molecule has 108 valence electrons. The molecule has 2 heteroatoms. The predicted octanol–water partition coefficient (Wildman–Crippen LogP) is 4.91. The smallest absolute Gasteiger partial charge is 0.139 e. The van der Waals surface area contributed by atoms with E-state index in [4.69, 9.17) is 5.26 Å². The van der Waals surface area contributed by atoms with E-state index < -0.39 is 0 Å². The lowest BCUT2D eigenvalue weighted by molar-refractivity contribution is 0.624. The summed E-state index contributed by atoms with van der Waals surface area (Å²) < 4.78 is 14.0. The molecule has 0 aromatic heterocycles. The van der Waals surface area contributed by atoms with Crippen LogP contribution in [-0.4, -0.2) is 0 Å². The Morgan fingerprint density at radius 3 is 2.41 bits per heavy atom. The van der Waals surface area contributed by atoms with Gasteiger partial charge in [0.25, 0.3) is 0 Å². The summed E-state index contributed by atoms with van der Waals surface area (Å²) in [5.74, 6) is 5.42. The summed E-state index contributed by atoms with van der Waals surface area (Å²) in [5.41, 5.74) is 2.55. The number of rotatable bonds is 3. The Bertz CT molecular complexity index is 768. The Morgan fingerprint density at radius 2 is 1.77 bits per heavy atom. The van der Waals surface area contributed by atoms with Crippen LogP contribution in [0.25, 0.3) is 6.08 Å². The van der Waals surface area contributed by atoms with E-state index in [0.717, 1.165) is 24.0 Å². The quantitative estimate of drug-likeness (QED) is 0.736. The second-order valence-electron chi connectivity index (χ2n) is 4.87. The van der Waals surface area contributed by atoms with Crippen molar-refractivity contribution >= 4 is 6.08 Å². The normalized spacial score (nSPS) is 10.0. The molecular weight excluding hydrogens is 273 g/mol. The van der Waals surface area contributed by atoms with Gasteiger partial charge in [-0.05, 0) is 48.4 Å². The molecule has 0 N–H and O–H groups in total. The molecule has 0 aliphatic heterocycles. The SMILES string of the molecule is CCCC=Cc1ccc(C#Cc2ccc(C#N)cc2)c(F)c1. The Labute approximate surface area is 130 Å². The van der Waals surface area contributed by atoms with Crippen LogP contribution in [0.5, 0.6) is 0 Å². The average molecular weight is 289 g/mol. The first kappa shape index (κ1) is 15.5. The van der Waals surface area contributed by atoms with Gasteiger partial charge in [-0.25, -0.2) is 4.39 Å². The molecule has 0 amide bonds. The Morgan fingerprint density at radius 1 is 1.05 bits per heavy atom. The minimum absolute atomic E-state index is 0.320. The third kappa shape index (κ3) is 4.33. The first-order chi connectivity index (χ1) is 10.7. The summed E-state index contributed by atoms with van der Waals surface area (Å²) in [6, 6.07) is 14.0. The van der Waals surface area contributed by atoms with Crippen molar-refractivity contribution in [1.82, 2.24) is 0 Å². The molecule has 1 nitrogen and oxygen atoms in total. The molecule has 22 heavy (non-hydrogen) atoms. The lowest BCUT2D eigenvalue weighted by Crippen LogP contribution is -1.85. The summed E-state index contributed by atoms with van der Waals surface area (Å²) in [7, 11) is 0. The number of nitriles is 1. The maximum atomic E-state index is 14.0. The zero-order valence-corrected chi connectivity index (χ0v) is 12.4. The summed E-state index contributed by atoms with van der Waals surface area (Å²) in [5, 5.41) is 8.73. The van der Waals surface area contributed by atoms with E-state index in [1.54, 1.807) is 30.3 Å².